The Hall–Kier alpha value is -1.11. The molecule has 1 saturated heterocycles. The number of thiophene rings is 1. The minimum absolute atomic E-state index is 0.275. The monoisotopic (exact) mass is 424 g/mol. The van der Waals surface area contributed by atoms with Gasteiger partial charge in [-0.15, -0.1) is 11.3 Å². The molecule has 1 aromatic heterocycles. The molecule has 1 amide bonds. The Morgan fingerprint density at radius 2 is 2.07 bits per heavy atom. The summed E-state index contributed by atoms with van der Waals surface area (Å²) in [6.07, 6.45) is 7.55. The Kier molecular flexibility index (Phi) is 9.44. The van der Waals surface area contributed by atoms with E-state index in [1.165, 1.54) is 34.6 Å². The fourth-order valence-electron chi connectivity index (χ4n) is 3.76. The predicted octanol–water partition coefficient (Wildman–Crippen LogP) is 4.76. The van der Waals surface area contributed by atoms with Crippen molar-refractivity contribution in [2.24, 2.45) is 0 Å². The van der Waals surface area contributed by atoms with E-state index in [1.807, 2.05) is 32.1 Å². The summed E-state index contributed by atoms with van der Waals surface area (Å²) in [5, 5.41) is 15.5. The molecular weight excluding hydrogens is 384 g/mol. The number of rotatable bonds is 5. The van der Waals surface area contributed by atoms with Crippen LogP contribution in [0.3, 0.4) is 0 Å². The van der Waals surface area contributed by atoms with Crippen LogP contribution in [0.2, 0.25) is 0 Å². The molecule has 3 rings (SSSR count). The minimum atomic E-state index is -0.381. The van der Waals surface area contributed by atoms with Crippen molar-refractivity contribution in [1.82, 2.24) is 10.6 Å². The van der Waals surface area contributed by atoms with Crippen molar-refractivity contribution in [3.63, 3.8) is 0 Å². The van der Waals surface area contributed by atoms with Crippen molar-refractivity contribution in [2.45, 2.75) is 103 Å². The Bertz CT molecular complexity index is 635. The molecule has 29 heavy (non-hydrogen) atoms. The van der Waals surface area contributed by atoms with E-state index in [2.05, 4.69) is 30.5 Å². The van der Waals surface area contributed by atoms with Crippen molar-refractivity contribution < 1.29 is 14.6 Å². The molecule has 6 heteroatoms. The fraction of sp³-hybridized carbons (Fsp3) is 0.783. The Balaban J connectivity index is 0.000000221. The van der Waals surface area contributed by atoms with Gasteiger partial charge in [-0.3, -0.25) is 0 Å². The highest BCUT2D eigenvalue weighted by Crippen LogP contribution is 2.35. The molecule has 2 fully saturated rings. The molecule has 2 unspecified atom stereocenters. The zero-order valence-corrected chi connectivity index (χ0v) is 19.7. The number of piperidine rings is 1. The van der Waals surface area contributed by atoms with Crippen LogP contribution in [0, 0.1) is 0 Å². The smallest absolute Gasteiger partial charge is 0.407 e. The molecule has 0 radical (unpaired) electrons. The minimum Gasteiger partial charge on any atom is -0.444 e. The SMILES string of the molecule is CC(C)(C)OC(=O)NC1CCC1.CCc1cc(C2CCNC(C)C2)c(CCO)s1. The largest absolute Gasteiger partial charge is 0.444 e. The number of aryl methyl sites for hydroxylation is 1. The number of amides is 1. The molecule has 0 spiro atoms. The summed E-state index contributed by atoms with van der Waals surface area (Å²) in [7, 11) is 0. The molecule has 0 bridgehead atoms. The molecule has 166 valence electrons. The van der Waals surface area contributed by atoms with Gasteiger partial charge in [0.05, 0.1) is 0 Å². The molecule has 0 aromatic carbocycles. The van der Waals surface area contributed by atoms with Gasteiger partial charge in [0.15, 0.2) is 0 Å². The third-order valence-corrected chi connectivity index (χ3v) is 6.82. The first-order valence-electron chi connectivity index (χ1n) is 11.2. The normalized spacial score (nSPS) is 22.3. The average molecular weight is 425 g/mol. The van der Waals surface area contributed by atoms with E-state index >= 15 is 0 Å². The van der Waals surface area contributed by atoms with Gasteiger partial charge in [-0.05, 0) is 90.3 Å². The highest BCUT2D eigenvalue weighted by molar-refractivity contribution is 7.12. The Morgan fingerprint density at radius 3 is 2.59 bits per heavy atom. The van der Waals surface area contributed by atoms with Gasteiger partial charge in [-0.1, -0.05) is 6.92 Å². The van der Waals surface area contributed by atoms with Gasteiger partial charge < -0.3 is 20.5 Å². The quantitative estimate of drug-likeness (QED) is 0.637. The Morgan fingerprint density at radius 1 is 1.34 bits per heavy atom. The first kappa shape index (κ1) is 24.2. The third-order valence-electron chi connectivity index (χ3n) is 5.47. The van der Waals surface area contributed by atoms with Crippen molar-refractivity contribution in [1.29, 1.82) is 0 Å². The molecule has 2 heterocycles. The maximum atomic E-state index is 11.1. The standard InChI is InChI=1S/C14H23NOS.C9H17NO2/c1-3-12-9-13(14(17-12)5-7-16)11-4-6-15-10(2)8-11;1-9(2,3)12-8(11)10-7-5-4-6-7/h9-11,15-16H,3-8H2,1-2H3;7H,4-6H2,1-3H3,(H,10,11). The molecule has 1 aliphatic heterocycles. The lowest BCUT2D eigenvalue weighted by atomic mass is 9.86. The number of ether oxygens (including phenoxy) is 1. The number of carbonyl (C=O) groups excluding carboxylic acids is 1. The maximum absolute atomic E-state index is 11.1. The first-order chi connectivity index (χ1) is 13.7. The van der Waals surface area contributed by atoms with E-state index in [4.69, 9.17) is 4.74 Å². The average Bonchev–Trinajstić information content (AvgIpc) is 3.01. The maximum Gasteiger partial charge on any atom is 0.407 e. The van der Waals surface area contributed by atoms with Gasteiger partial charge in [0.2, 0.25) is 0 Å². The van der Waals surface area contributed by atoms with E-state index in [0.29, 0.717) is 18.0 Å². The predicted molar refractivity (Wildman–Crippen MR) is 121 cm³/mol. The van der Waals surface area contributed by atoms with Gasteiger partial charge in [0, 0.05) is 34.9 Å². The Labute approximate surface area is 180 Å². The van der Waals surface area contributed by atoms with Crippen LogP contribution in [0.25, 0.3) is 0 Å². The molecule has 3 N–H and O–H groups in total. The number of aliphatic hydroxyl groups is 1. The van der Waals surface area contributed by atoms with Crippen LogP contribution in [-0.2, 0) is 17.6 Å². The van der Waals surface area contributed by atoms with E-state index in [-0.39, 0.29) is 18.3 Å². The summed E-state index contributed by atoms with van der Waals surface area (Å²) in [5.41, 5.74) is 1.14. The lowest BCUT2D eigenvalue weighted by Gasteiger charge is -2.28. The zero-order chi connectivity index (χ0) is 21.4. The second kappa shape index (κ2) is 11.3. The second-order valence-electron chi connectivity index (χ2n) is 9.27. The lowest BCUT2D eigenvalue weighted by Crippen LogP contribution is -2.42. The summed E-state index contributed by atoms with van der Waals surface area (Å²) in [6, 6.07) is 3.37. The van der Waals surface area contributed by atoms with Gasteiger partial charge in [0.1, 0.15) is 5.60 Å². The van der Waals surface area contributed by atoms with Gasteiger partial charge in [-0.25, -0.2) is 4.79 Å². The number of aliphatic hydroxyl groups excluding tert-OH is 1. The fourth-order valence-corrected chi connectivity index (χ4v) is 4.94. The molecular formula is C23H40N2O3S. The van der Waals surface area contributed by atoms with E-state index < -0.39 is 0 Å². The summed E-state index contributed by atoms with van der Waals surface area (Å²) >= 11 is 1.90. The summed E-state index contributed by atoms with van der Waals surface area (Å²) < 4.78 is 5.09. The van der Waals surface area contributed by atoms with Crippen molar-refractivity contribution in [3.8, 4) is 0 Å². The third kappa shape index (κ3) is 8.27. The summed E-state index contributed by atoms with van der Waals surface area (Å²) in [6.45, 7) is 11.5. The molecule has 1 aromatic rings. The first-order valence-corrected chi connectivity index (χ1v) is 12.0. The number of hydrogen-bond donors (Lipinski definition) is 3. The number of alkyl carbamates (subject to hydrolysis) is 1. The van der Waals surface area contributed by atoms with Crippen LogP contribution in [0.5, 0.6) is 0 Å². The topological polar surface area (TPSA) is 70.6 Å². The number of nitrogens with one attached hydrogen (secondary N) is 2. The van der Waals surface area contributed by atoms with E-state index in [0.717, 1.165) is 32.2 Å². The van der Waals surface area contributed by atoms with Crippen molar-refractivity contribution in [3.05, 3.63) is 21.4 Å². The number of carbonyl (C=O) groups is 1. The van der Waals surface area contributed by atoms with Crippen LogP contribution in [-0.4, -0.2) is 42.0 Å². The highest BCUT2D eigenvalue weighted by atomic mass is 32.1. The molecule has 2 atom stereocenters. The number of hydrogen-bond acceptors (Lipinski definition) is 5. The van der Waals surface area contributed by atoms with Crippen molar-refractivity contribution >= 4 is 17.4 Å². The summed E-state index contributed by atoms with van der Waals surface area (Å²) in [4.78, 5) is 14.0. The zero-order valence-electron chi connectivity index (χ0n) is 18.8. The van der Waals surface area contributed by atoms with Gasteiger partial charge in [0.25, 0.3) is 0 Å². The van der Waals surface area contributed by atoms with Crippen LogP contribution in [0.4, 0.5) is 4.79 Å². The molecule has 5 nitrogen and oxygen atoms in total. The van der Waals surface area contributed by atoms with Crippen LogP contribution in [0.15, 0.2) is 6.07 Å². The second-order valence-corrected chi connectivity index (χ2v) is 10.5. The van der Waals surface area contributed by atoms with Gasteiger partial charge in [-0.2, -0.15) is 0 Å². The van der Waals surface area contributed by atoms with Crippen LogP contribution in [0.1, 0.15) is 88.0 Å². The lowest BCUT2D eigenvalue weighted by molar-refractivity contribution is 0.0480. The van der Waals surface area contributed by atoms with Crippen LogP contribution < -0.4 is 10.6 Å². The molecule has 1 saturated carbocycles. The molecule has 1 aliphatic carbocycles. The van der Waals surface area contributed by atoms with Crippen LogP contribution >= 0.6 is 11.3 Å². The molecule has 2 aliphatic rings. The summed E-state index contributed by atoms with van der Waals surface area (Å²) in [5.74, 6) is 0.698. The highest BCUT2D eigenvalue weighted by Gasteiger charge is 2.24. The van der Waals surface area contributed by atoms with Gasteiger partial charge >= 0.3 is 6.09 Å². The van der Waals surface area contributed by atoms with E-state index in [1.54, 1.807) is 0 Å². The van der Waals surface area contributed by atoms with E-state index in [9.17, 15) is 9.90 Å². The van der Waals surface area contributed by atoms with Crippen molar-refractivity contribution in [2.75, 3.05) is 13.2 Å².